The van der Waals surface area contributed by atoms with Gasteiger partial charge in [0.25, 0.3) is 5.56 Å². The number of aromatic nitrogens is 2. The fourth-order valence-electron chi connectivity index (χ4n) is 8.20. The maximum atomic E-state index is 13.7. The minimum atomic E-state index is -0.740. The number of aliphatic hydroxyl groups excluding tert-OH is 1. The molecule has 3 aliphatic rings. The van der Waals surface area contributed by atoms with Crippen molar-refractivity contribution in [2.24, 2.45) is 34.0 Å². The normalized spacial score (nSPS) is 37.9. The number of carbonyl (C=O) groups is 2. The second kappa shape index (κ2) is 9.84. The van der Waals surface area contributed by atoms with E-state index in [1.165, 1.54) is 10.6 Å². The van der Waals surface area contributed by atoms with Crippen molar-refractivity contribution in [2.75, 3.05) is 0 Å². The van der Waals surface area contributed by atoms with Gasteiger partial charge in [-0.05, 0) is 66.7 Å². The smallest absolute Gasteiger partial charge is 0.344 e. The van der Waals surface area contributed by atoms with E-state index in [-0.39, 0.29) is 41.1 Å². The van der Waals surface area contributed by atoms with Crippen molar-refractivity contribution in [3.05, 3.63) is 77.0 Å². The number of ether oxygens (including phenoxy) is 1. The van der Waals surface area contributed by atoms with E-state index in [4.69, 9.17) is 4.74 Å². The largest absolute Gasteiger partial charge is 0.458 e. The Balaban J connectivity index is 1.55. The van der Waals surface area contributed by atoms with Gasteiger partial charge < -0.3 is 14.4 Å². The van der Waals surface area contributed by atoms with E-state index in [1.807, 2.05) is 13.0 Å². The molecule has 2 unspecified atom stereocenters. The SMILES string of the molecule is C=C[C@]1(C)C[C@@H](OC(=O)c2cccn(Cc3cccnc3)c2=O)[C@@]2(C)C3C(=O)CCC3(CC[C@H]2C)[C@@H](C)[C@@H]1O. The molecule has 0 spiro atoms. The molecule has 3 aliphatic carbocycles. The first-order valence-corrected chi connectivity index (χ1v) is 14.1. The quantitative estimate of drug-likeness (QED) is 0.438. The predicted octanol–water partition coefficient (Wildman–Crippen LogP) is 4.81. The fraction of sp³-hybridized carbons (Fsp3) is 0.562. The molecular formula is C32H40N2O5. The van der Waals surface area contributed by atoms with Gasteiger partial charge in [0.1, 0.15) is 17.5 Å². The van der Waals surface area contributed by atoms with Crippen LogP contribution in [0.1, 0.15) is 75.7 Å². The second-order valence-electron chi connectivity index (χ2n) is 12.7. The molecule has 39 heavy (non-hydrogen) atoms. The Morgan fingerprint density at radius 1 is 1.23 bits per heavy atom. The third-order valence-electron chi connectivity index (χ3n) is 10.9. The van der Waals surface area contributed by atoms with Crippen LogP contribution in [-0.2, 0) is 16.1 Å². The van der Waals surface area contributed by atoms with Crippen molar-refractivity contribution in [1.29, 1.82) is 0 Å². The van der Waals surface area contributed by atoms with Crippen LogP contribution in [0.5, 0.6) is 0 Å². The Bertz CT molecular complexity index is 1340. The van der Waals surface area contributed by atoms with Gasteiger partial charge in [-0.25, -0.2) is 4.79 Å². The lowest BCUT2D eigenvalue weighted by Crippen LogP contribution is -2.63. The molecule has 2 heterocycles. The van der Waals surface area contributed by atoms with Crippen LogP contribution in [0, 0.1) is 34.0 Å². The monoisotopic (exact) mass is 532 g/mol. The van der Waals surface area contributed by atoms with Gasteiger partial charge in [-0.1, -0.05) is 39.8 Å². The molecule has 0 amide bonds. The summed E-state index contributed by atoms with van der Waals surface area (Å²) >= 11 is 0. The third kappa shape index (κ3) is 4.21. The second-order valence-corrected chi connectivity index (χ2v) is 12.7. The van der Waals surface area contributed by atoms with Crippen molar-refractivity contribution >= 4 is 11.8 Å². The van der Waals surface area contributed by atoms with Crippen LogP contribution in [0.3, 0.4) is 0 Å². The van der Waals surface area contributed by atoms with Crippen LogP contribution in [0.15, 0.2) is 60.3 Å². The molecule has 8 atom stereocenters. The van der Waals surface area contributed by atoms with E-state index < -0.39 is 34.6 Å². The molecule has 5 rings (SSSR count). The Morgan fingerprint density at radius 2 is 2.00 bits per heavy atom. The van der Waals surface area contributed by atoms with Crippen LogP contribution < -0.4 is 5.56 Å². The highest BCUT2D eigenvalue weighted by Crippen LogP contribution is 2.68. The first-order valence-electron chi connectivity index (χ1n) is 14.1. The molecule has 0 radical (unpaired) electrons. The van der Waals surface area contributed by atoms with E-state index in [2.05, 4.69) is 32.3 Å². The number of hydrogen-bond acceptors (Lipinski definition) is 6. The molecule has 3 fully saturated rings. The van der Waals surface area contributed by atoms with Gasteiger partial charge in [0.05, 0.1) is 12.6 Å². The topological polar surface area (TPSA) is 98.5 Å². The minimum absolute atomic E-state index is 0.0475. The molecule has 7 nitrogen and oxygen atoms in total. The number of rotatable bonds is 5. The summed E-state index contributed by atoms with van der Waals surface area (Å²) in [7, 11) is 0. The van der Waals surface area contributed by atoms with Crippen LogP contribution in [0.4, 0.5) is 0 Å². The number of Topliss-reactive ketones (excluding diaryl/α,β-unsaturated/α-hetero) is 1. The molecule has 3 saturated carbocycles. The molecule has 0 aromatic carbocycles. The molecule has 2 aromatic heterocycles. The summed E-state index contributed by atoms with van der Waals surface area (Å²) in [6.45, 7) is 12.6. The molecular weight excluding hydrogens is 492 g/mol. The van der Waals surface area contributed by atoms with Gasteiger partial charge >= 0.3 is 5.97 Å². The third-order valence-corrected chi connectivity index (χ3v) is 10.9. The molecule has 0 saturated heterocycles. The first-order chi connectivity index (χ1) is 18.5. The van der Waals surface area contributed by atoms with E-state index >= 15 is 0 Å². The van der Waals surface area contributed by atoms with Crippen LogP contribution in [0.25, 0.3) is 0 Å². The molecule has 2 bridgehead atoms. The molecule has 0 aliphatic heterocycles. The lowest BCUT2D eigenvalue weighted by atomic mass is 9.44. The summed E-state index contributed by atoms with van der Waals surface area (Å²) in [5.74, 6) is -0.803. The lowest BCUT2D eigenvalue weighted by Gasteiger charge is -2.61. The van der Waals surface area contributed by atoms with Crippen molar-refractivity contribution in [3.8, 4) is 0 Å². The number of hydrogen-bond donors (Lipinski definition) is 1. The summed E-state index contributed by atoms with van der Waals surface area (Å²) in [5.41, 5.74) is -1.36. The number of aliphatic hydroxyl groups is 1. The maximum absolute atomic E-state index is 13.7. The average molecular weight is 533 g/mol. The van der Waals surface area contributed by atoms with Gasteiger partial charge in [-0.2, -0.15) is 0 Å². The maximum Gasteiger partial charge on any atom is 0.344 e. The van der Waals surface area contributed by atoms with E-state index in [0.717, 1.165) is 24.8 Å². The molecule has 7 heteroatoms. The van der Waals surface area contributed by atoms with E-state index in [9.17, 15) is 19.5 Å². The number of carbonyl (C=O) groups excluding carboxylic acids is 2. The zero-order valence-corrected chi connectivity index (χ0v) is 23.4. The number of pyridine rings is 2. The summed E-state index contributed by atoms with van der Waals surface area (Å²) in [6, 6.07) is 6.84. The zero-order valence-electron chi connectivity index (χ0n) is 23.4. The van der Waals surface area contributed by atoms with Crippen molar-refractivity contribution in [1.82, 2.24) is 9.55 Å². The van der Waals surface area contributed by atoms with Gasteiger partial charge in [-0.15, -0.1) is 6.58 Å². The molecule has 2 aromatic rings. The summed E-state index contributed by atoms with van der Waals surface area (Å²) in [5, 5.41) is 11.7. The first kappa shape index (κ1) is 27.5. The van der Waals surface area contributed by atoms with Crippen molar-refractivity contribution < 1.29 is 19.4 Å². The van der Waals surface area contributed by atoms with Gasteiger partial charge in [0.2, 0.25) is 0 Å². The highest BCUT2D eigenvalue weighted by Gasteiger charge is 2.68. The van der Waals surface area contributed by atoms with Crippen LogP contribution in [0.2, 0.25) is 0 Å². The average Bonchev–Trinajstić information content (AvgIpc) is 3.28. The molecule has 1 N–H and O–H groups in total. The van der Waals surface area contributed by atoms with Crippen LogP contribution >= 0.6 is 0 Å². The zero-order chi connectivity index (χ0) is 28.2. The summed E-state index contributed by atoms with van der Waals surface area (Å²) in [6.07, 6.45) is 8.65. The molecule has 208 valence electrons. The van der Waals surface area contributed by atoms with Crippen LogP contribution in [-0.4, -0.2) is 38.6 Å². The van der Waals surface area contributed by atoms with Gasteiger partial charge in [0.15, 0.2) is 0 Å². The number of nitrogens with zero attached hydrogens (tertiary/aromatic N) is 2. The highest BCUT2D eigenvalue weighted by atomic mass is 16.5. The Morgan fingerprint density at radius 3 is 2.69 bits per heavy atom. The van der Waals surface area contributed by atoms with E-state index in [1.54, 1.807) is 36.8 Å². The van der Waals surface area contributed by atoms with E-state index in [0.29, 0.717) is 12.8 Å². The van der Waals surface area contributed by atoms with Crippen molar-refractivity contribution in [3.63, 3.8) is 0 Å². The minimum Gasteiger partial charge on any atom is -0.458 e. The number of ketones is 1. The lowest BCUT2D eigenvalue weighted by molar-refractivity contribution is -0.192. The highest BCUT2D eigenvalue weighted by molar-refractivity contribution is 5.89. The standard InChI is InChI=1S/C32H40N2O5/c1-6-30(4)17-25(31(5)20(2)11-13-32(21(3)27(30)36)14-12-24(35)26(31)32)39-29(38)23-10-8-16-34(28(23)37)19-22-9-7-15-33-18-22/h6-10,15-16,18,20-21,25-27,36H,1,11-14,17,19H2,2-5H3/t20-,21+,25-,26?,27+,30-,31+,32?/m1/s1. The van der Waals surface area contributed by atoms with Gasteiger partial charge in [0, 0.05) is 41.8 Å². The Kier molecular flexibility index (Phi) is 6.94. The Labute approximate surface area is 230 Å². The van der Waals surface area contributed by atoms with Crippen molar-refractivity contribution in [2.45, 2.75) is 78.6 Å². The summed E-state index contributed by atoms with van der Waals surface area (Å²) < 4.78 is 7.79. The van der Waals surface area contributed by atoms with Gasteiger partial charge in [-0.3, -0.25) is 14.6 Å². The predicted molar refractivity (Wildman–Crippen MR) is 148 cm³/mol. The number of esters is 1. The fourth-order valence-corrected chi connectivity index (χ4v) is 8.20. The summed E-state index contributed by atoms with van der Waals surface area (Å²) in [4.78, 5) is 44.8. The Hall–Kier alpha value is -3.06.